The summed E-state index contributed by atoms with van der Waals surface area (Å²) >= 11 is 0. The SMILES string of the molecule is CCC(=O)C1=CCC(C)CC1. The molecule has 1 nitrogen and oxygen atoms in total. The number of hydrogen-bond acceptors (Lipinski definition) is 1. The van der Waals surface area contributed by atoms with Gasteiger partial charge in [0.1, 0.15) is 0 Å². The van der Waals surface area contributed by atoms with E-state index in [2.05, 4.69) is 13.0 Å². The highest BCUT2D eigenvalue weighted by Crippen LogP contribution is 2.23. The van der Waals surface area contributed by atoms with Crippen LogP contribution in [0, 0.1) is 5.92 Å². The zero-order valence-corrected chi connectivity index (χ0v) is 7.39. The molecule has 0 bridgehead atoms. The van der Waals surface area contributed by atoms with E-state index in [4.69, 9.17) is 0 Å². The molecule has 0 saturated heterocycles. The van der Waals surface area contributed by atoms with E-state index in [0.717, 1.165) is 24.3 Å². The van der Waals surface area contributed by atoms with Crippen molar-refractivity contribution in [1.82, 2.24) is 0 Å². The third-order valence-electron chi connectivity index (χ3n) is 2.35. The Kier molecular flexibility index (Phi) is 2.86. The largest absolute Gasteiger partial charge is 0.295 e. The molecule has 0 radical (unpaired) electrons. The molecule has 1 aliphatic rings. The summed E-state index contributed by atoms with van der Waals surface area (Å²) in [6, 6.07) is 0. The molecule has 1 unspecified atom stereocenters. The van der Waals surface area contributed by atoms with Crippen molar-refractivity contribution in [3.05, 3.63) is 11.6 Å². The highest BCUT2D eigenvalue weighted by Gasteiger charge is 2.13. The minimum absolute atomic E-state index is 0.344. The lowest BCUT2D eigenvalue weighted by atomic mass is 9.89. The topological polar surface area (TPSA) is 17.1 Å². The van der Waals surface area contributed by atoms with Gasteiger partial charge in [-0.1, -0.05) is 19.9 Å². The summed E-state index contributed by atoms with van der Waals surface area (Å²) < 4.78 is 0. The molecular weight excluding hydrogens is 136 g/mol. The molecule has 0 saturated carbocycles. The van der Waals surface area contributed by atoms with Gasteiger partial charge in [-0.2, -0.15) is 0 Å². The van der Waals surface area contributed by atoms with Gasteiger partial charge in [0, 0.05) is 6.42 Å². The van der Waals surface area contributed by atoms with Crippen LogP contribution < -0.4 is 0 Å². The standard InChI is InChI=1S/C10H16O/c1-3-10(11)9-6-4-8(2)5-7-9/h6,8H,3-5,7H2,1-2H3. The van der Waals surface area contributed by atoms with Gasteiger partial charge in [0.05, 0.1) is 0 Å². The second kappa shape index (κ2) is 3.70. The summed E-state index contributed by atoms with van der Waals surface area (Å²) in [5.41, 5.74) is 1.07. The van der Waals surface area contributed by atoms with E-state index >= 15 is 0 Å². The first-order valence-electron chi connectivity index (χ1n) is 4.46. The smallest absolute Gasteiger partial charge is 0.158 e. The molecule has 11 heavy (non-hydrogen) atoms. The fraction of sp³-hybridized carbons (Fsp3) is 0.700. The molecule has 0 N–H and O–H groups in total. The number of ketones is 1. The third kappa shape index (κ3) is 2.18. The highest BCUT2D eigenvalue weighted by molar-refractivity contribution is 5.95. The lowest BCUT2D eigenvalue weighted by Crippen LogP contribution is -2.08. The van der Waals surface area contributed by atoms with Crippen molar-refractivity contribution in [3.8, 4) is 0 Å². The molecule has 62 valence electrons. The Morgan fingerprint density at radius 1 is 1.73 bits per heavy atom. The molecule has 0 aromatic carbocycles. The van der Waals surface area contributed by atoms with Crippen LogP contribution in [0.2, 0.25) is 0 Å². The maximum absolute atomic E-state index is 11.2. The molecule has 1 rings (SSSR count). The number of carbonyl (C=O) groups is 1. The molecule has 0 aromatic heterocycles. The number of allylic oxidation sites excluding steroid dienone is 2. The first-order chi connectivity index (χ1) is 5.24. The van der Waals surface area contributed by atoms with E-state index in [1.165, 1.54) is 6.42 Å². The Bertz CT molecular complexity index is 179. The van der Waals surface area contributed by atoms with Gasteiger partial charge >= 0.3 is 0 Å². The fourth-order valence-corrected chi connectivity index (χ4v) is 1.45. The molecule has 0 spiro atoms. The molecule has 0 aliphatic heterocycles. The van der Waals surface area contributed by atoms with E-state index in [-0.39, 0.29) is 0 Å². The quantitative estimate of drug-likeness (QED) is 0.594. The summed E-state index contributed by atoms with van der Waals surface area (Å²) in [4.78, 5) is 11.2. The first kappa shape index (κ1) is 8.51. The van der Waals surface area contributed by atoms with E-state index in [0.29, 0.717) is 12.2 Å². The average molecular weight is 152 g/mol. The van der Waals surface area contributed by atoms with Gasteiger partial charge in [-0.25, -0.2) is 0 Å². The fourth-order valence-electron chi connectivity index (χ4n) is 1.45. The van der Waals surface area contributed by atoms with Crippen molar-refractivity contribution in [2.24, 2.45) is 5.92 Å². The molecule has 0 heterocycles. The molecule has 1 aliphatic carbocycles. The summed E-state index contributed by atoms with van der Waals surface area (Å²) in [5.74, 6) is 1.13. The van der Waals surface area contributed by atoms with Crippen LogP contribution in [0.25, 0.3) is 0 Å². The second-order valence-electron chi connectivity index (χ2n) is 3.39. The average Bonchev–Trinajstić information content (AvgIpc) is 2.05. The van der Waals surface area contributed by atoms with E-state index < -0.39 is 0 Å². The number of carbonyl (C=O) groups excluding carboxylic acids is 1. The Morgan fingerprint density at radius 2 is 2.45 bits per heavy atom. The normalized spacial score (nSPS) is 24.5. The van der Waals surface area contributed by atoms with Gasteiger partial charge in [-0.05, 0) is 30.8 Å². The minimum Gasteiger partial charge on any atom is -0.295 e. The van der Waals surface area contributed by atoms with Crippen LogP contribution >= 0.6 is 0 Å². The van der Waals surface area contributed by atoms with Crippen LogP contribution in [0.4, 0.5) is 0 Å². The predicted molar refractivity (Wildman–Crippen MR) is 46.4 cm³/mol. The first-order valence-corrected chi connectivity index (χ1v) is 4.46. The van der Waals surface area contributed by atoms with Gasteiger partial charge in [0.15, 0.2) is 5.78 Å². The summed E-state index contributed by atoms with van der Waals surface area (Å²) in [5, 5.41) is 0. The van der Waals surface area contributed by atoms with Crippen molar-refractivity contribution >= 4 is 5.78 Å². The third-order valence-corrected chi connectivity index (χ3v) is 2.35. The summed E-state index contributed by atoms with van der Waals surface area (Å²) in [7, 11) is 0. The molecular formula is C10H16O. The minimum atomic E-state index is 0.344. The Labute approximate surface area is 68.5 Å². The van der Waals surface area contributed by atoms with Crippen molar-refractivity contribution in [3.63, 3.8) is 0 Å². The molecule has 1 atom stereocenters. The number of Topliss-reactive ketones (excluding diaryl/α,β-unsaturated/α-hetero) is 1. The molecule has 0 fully saturated rings. The monoisotopic (exact) mass is 152 g/mol. The number of hydrogen-bond donors (Lipinski definition) is 0. The highest BCUT2D eigenvalue weighted by atomic mass is 16.1. The Hall–Kier alpha value is -0.590. The van der Waals surface area contributed by atoms with Crippen molar-refractivity contribution in [2.45, 2.75) is 39.5 Å². The number of rotatable bonds is 2. The van der Waals surface area contributed by atoms with E-state index in [9.17, 15) is 4.79 Å². The van der Waals surface area contributed by atoms with Crippen LogP contribution in [0.3, 0.4) is 0 Å². The summed E-state index contributed by atoms with van der Waals surface area (Å²) in [6.45, 7) is 4.17. The van der Waals surface area contributed by atoms with Crippen LogP contribution in [-0.4, -0.2) is 5.78 Å². The van der Waals surface area contributed by atoms with Crippen LogP contribution in [0.1, 0.15) is 39.5 Å². The zero-order chi connectivity index (χ0) is 8.27. The molecule has 1 heteroatoms. The van der Waals surface area contributed by atoms with Gasteiger partial charge in [0.2, 0.25) is 0 Å². The Balaban J connectivity index is 2.54. The van der Waals surface area contributed by atoms with Crippen LogP contribution in [0.5, 0.6) is 0 Å². The Morgan fingerprint density at radius 3 is 2.91 bits per heavy atom. The van der Waals surface area contributed by atoms with E-state index in [1.54, 1.807) is 0 Å². The zero-order valence-electron chi connectivity index (χ0n) is 7.39. The van der Waals surface area contributed by atoms with Gasteiger partial charge in [0.25, 0.3) is 0 Å². The second-order valence-corrected chi connectivity index (χ2v) is 3.39. The van der Waals surface area contributed by atoms with Gasteiger partial charge < -0.3 is 0 Å². The maximum atomic E-state index is 11.2. The maximum Gasteiger partial charge on any atom is 0.158 e. The summed E-state index contributed by atoms with van der Waals surface area (Å²) in [6.07, 6.45) is 6.09. The predicted octanol–water partition coefficient (Wildman–Crippen LogP) is 2.71. The molecule has 0 amide bonds. The van der Waals surface area contributed by atoms with Crippen LogP contribution in [0.15, 0.2) is 11.6 Å². The lowest BCUT2D eigenvalue weighted by molar-refractivity contribution is -0.115. The van der Waals surface area contributed by atoms with Gasteiger partial charge in [-0.15, -0.1) is 0 Å². The van der Waals surface area contributed by atoms with Gasteiger partial charge in [-0.3, -0.25) is 4.79 Å². The van der Waals surface area contributed by atoms with Crippen molar-refractivity contribution in [2.75, 3.05) is 0 Å². The lowest BCUT2D eigenvalue weighted by Gasteiger charge is -2.16. The van der Waals surface area contributed by atoms with Crippen molar-refractivity contribution < 1.29 is 4.79 Å². The van der Waals surface area contributed by atoms with Crippen LogP contribution in [-0.2, 0) is 4.79 Å². The molecule has 0 aromatic rings. The van der Waals surface area contributed by atoms with E-state index in [1.807, 2.05) is 6.92 Å². The van der Waals surface area contributed by atoms with Crippen molar-refractivity contribution in [1.29, 1.82) is 0 Å².